The van der Waals surface area contributed by atoms with E-state index in [0.717, 1.165) is 5.39 Å². The van der Waals surface area contributed by atoms with Gasteiger partial charge in [0.15, 0.2) is 0 Å². The van der Waals surface area contributed by atoms with E-state index in [1.807, 2.05) is 36.4 Å². The van der Waals surface area contributed by atoms with Gasteiger partial charge in [0, 0.05) is 0 Å². The molecule has 3 rings (SSSR count). The summed E-state index contributed by atoms with van der Waals surface area (Å²) in [6.45, 7) is 0. The molecule has 0 saturated carbocycles. The van der Waals surface area contributed by atoms with Crippen LogP contribution in [0.25, 0.3) is 10.8 Å². The number of nitrogens with two attached hydrogens (primary N) is 1. The maximum absolute atomic E-state index is 5.56. The Labute approximate surface area is 104 Å². The van der Waals surface area contributed by atoms with Crippen molar-refractivity contribution in [1.82, 2.24) is 9.97 Å². The zero-order valence-electron chi connectivity index (χ0n) is 9.58. The number of aromatic nitrogens is 2. The van der Waals surface area contributed by atoms with Crippen LogP contribution in [0.1, 0.15) is 0 Å². The van der Waals surface area contributed by atoms with Crippen LogP contribution < -0.4 is 10.5 Å². The second-order valence-corrected chi connectivity index (χ2v) is 3.91. The van der Waals surface area contributed by atoms with Gasteiger partial charge < -0.3 is 10.5 Å². The number of rotatable bonds is 2. The predicted molar refractivity (Wildman–Crippen MR) is 70.5 cm³/mol. The van der Waals surface area contributed by atoms with E-state index < -0.39 is 0 Å². The number of benzene rings is 2. The van der Waals surface area contributed by atoms with Crippen LogP contribution in [0.4, 0.5) is 5.69 Å². The third-order valence-electron chi connectivity index (χ3n) is 2.58. The molecule has 4 heteroatoms. The molecule has 0 unspecified atom stereocenters. The van der Waals surface area contributed by atoms with Crippen molar-refractivity contribution in [2.75, 3.05) is 5.73 Å². The van der Waals surface area contributed by atoms with Crippen molar-refractivity contribution in [3.05, 3.63) is 54.9 Å². The van der Waals surface area contributed by atoms with Gasteiger partial charge in [0.2, 0.25) is 0 Å². The lowest BCUT2D eigenvalue weighted by atomic mass is 10.1. The normalized spacial score (nSPS) is 10.4. The van der Waals surface area contributed by atoms with E-state index in [4.69, 9.17) is 10.5 Å². The van der Waals surface area contributed by atoms with Gasteiger partial charge in [0.25, 0.3) is 0 Å². The fourth-order valence-electron chi connectivity index (χ4n) is 1.72. The molecule has 0 saturated heterocycles. The van der Waals surface area contributed by atoms with Crippen LogP contribution in [0.2, 0.25) is 0 Å². The number of hydrogen-bond acceptors (Lipinski definition) is 4. The van der Waals surface area contributed by atoms with E-state index in [1.165, 1.54) is 17.8 Å². The summed E-state index contributed by atoms with van der Waals surface area (Å²) in [5.41, 5.74) is 6.03. The molecule has 0 fully saturated rings. The summed E-state index contributed by atoms with van der Waals surface area (Å²) in [6, 6.07) is 14.2. The molecule has 2 N–H and O–H groups in total. The molecule has 1 aromatic heterocycles. The molecule has 0 spiro atoms. The van der Waals surface area contributed by atoms with E-state index >= 15 is 0 Å². The molecule has 18 heavy (non-hydrogen) atoms. The molecular weight excluding hydrogens is 226 g/mol. The Morgan fingerprint density at radius 1 is 0.889 bits per heavy atom. The van der Waals surface area contributed by atoms with Crippen LogP contribution in [0.3, 0.4) is 0 Å². The lowest BCUT2D eigenvalue weighted by molar-refractivity contribution is 0.442. The maximum Gasteiger partial charge on any atom is 0.322 e. The Balaban J connectivity index is 1.92. The molecule has 3 aromatic rings. The molecule has 1 heterocycles. The second kappa shape index (κ2) is 4.33. The fraction of sp³-hybridized carbons (Fsp3) is 0. The summed E-state index contributed by atoms with van der Waals surface area (Å²) < 4.78 is 5.56. The van der Waals surface area contributed by atoms with Crippen molar-refractivity contribution in [1.29, 1.82) is 0 Å². The fourth-order valence-corrected chi connectivity index (χ4v) is 1.72. The number of ether oxygens (including phenoxy) is 1. The summed E-state index contributed by atoms with van der Waals surface area (Å²) in [6.07, 6.45) is 3.03. The lowest BCUT2D eigenvalue weighted by Crippen LogP contribution is -1.93. The van der Waals surface area contributed by atoms with Crippen LogP contribution >= 0.6 is 0 Å². The minimum absolute atomic E-state index is 0.291. The molecule has 88 valence electrons. The highest BCUT2D eigenvalue weighted by atomic mass is 16.5. The zero-order chi connectivity index (χ0) is 12.4. The summed E-state index contributed by atoms with van der Waals surface area (Å²) in [5, 5.41) is 2.29. The Kier molecular flexibility index (Phi) is 2.53. The third-order valence-corrected chi connectivity index (χ3v) is 2.58. The first-order valence-electron chi connectivity index (χ1n) is 5.55. The van der Waals surface area contributed by atoms with E-state index in [1.54, 1.807) is 0 Å². The summed E-state index contributed by atoms with van der Waals surface area (Å²) in [4.78, 5) is 7.99. The number of nitrogen functional groups attached to an aromatic ring is 1. The van der Waals surface area contributed by atoms with Gasteiger partial charge in [0.05, 0.1) is 18.1 Å². The van der Waals surface area contributed by atoms with E-state index in [9.17, 15) is 0 Å². The van der Waals surface area contributed by atoms with Crippen LogP contribution in [0.15, 0.2) is 54.9 Å². The minimum Gasteiger partial charge on any atom is -0.424 e. The number of nitrogens with zero attached hydrogens (tertiary/aromatic N) is 2. The largest absolute Gasteiger partial charge is 0.424 e. The summed E-state index contributed by atoms with van der Waals surface area (Å²) in [7, 11) is 0. The number of anilines is 1. The highest BCUT2D eigenvalue weighted by Gasteiger charge is 2.01. The average molecular weight is 237 g/mol. The molecule has 0 aliphatic heterocycles. The van der Waals surface area contributed by atoms with Crippen LogP contribution in [0, 0.1) is 0 Å². The van der Waals surface area contributed by atoms with Crippen molar-refractivity contribution in [2.45, 2.75) is 0 Å². The quantitative estimate of drug-likeness (QED) is 0.744. The molecule has 4 nitrogen and oxygen atoms in total. The van der Waals surface area contributed by atoms with Gasteiger partial charge in [-0.05, 0) is 22.9 Å². The van der Waals surface area contributed by atoms with Gasteiger partial charge in [0.1, 0.15) is 5.75 Å². The molecule has 2 aromatic carbocycles. The smallest absolute Gasteiger partial charge is 0.322 e. The van der Waals surface area contributed by atoms with Crippen molar-refractivity contribution >= 4 is 16.5 Å². The monoisotopic (exact) mass is 237 g/mol. The van der Waals surface area contributed by atoms with Gasteiger partial charge in [-0.25, -0.2) is 9.97 Å². The second-order valence-electron chi connectivity index (χ2n) is 3.91. The Bertz CT molecular complexity index is 680. The molecule has 0 aliphatic carbocycles. The predicted octanol–water partition coefficient (Wildman–Crippen LogP) is 3.00. The lowest BCUT2D eigenvalue weighted by Gasteiger charge is -2.05. The summed E-state index contributed by atoms with van der Waals surface area (Å²) in [5.74, 6) is 0.707. The van der Waals surface area contributed by atoms with Crippen molar-refractivity contribution in [3.8, 4) is 11.8 Å². The Morgan fingerprint density at radius 2 is 1.61 bits per heavy atom. The number of fused-ring (bicyclic) bond motifs is 1. The highest BCUT2D eigenvalue weighted by Crippen LogP contribution is 2.23. The van der Waals surface area contributed by atoms with Gasteiger partial charge in [-0.2, -0.15) is 0 Å². The SMILES string of the molecule is Nc1cnc(Oc2ccc3ccccc3c2)nc1. The molecule has 0 bridgehead atoms. The Hall–Kier alpha value is -2.62. The number of hydrogen-bond donors (Lipinski definition) is 1. The van der Waals surface area contributed by atoms with Crippen LogP contribution in [-0.4, -0.2) is 9.97 Å². The van der Waals surface area contributed by atoms with Gasteiger partial charge in [-0.1, -0.05) is 30.3 Å². The van der Waals surface area contributed by atoms with E-state index in [-0.39, 0.29) is 0 Å². The van der Waals surface area contributed by atoms with E-state index in [2.05, 4.69) is 16.0 Å². The van der Waals surface area contributed by atoms with Crippen LogP contribution in [0.5, 0.6) is 11.8 Å². The first-order valence-corrected chi connectivity index (χ1v) is 5.55. The Morgan fingerprint density at radius 3 is 2.39 bits per heavy atom. The van der Waals surface area contributed by atoms with Gasteiger partial charge in [-0.3, -0.25) is 0 Å². The average Bonchev–Trinajstić information content (AvgIpc) is 2.41. The maximum atomic E-state index is 5.56. The topological polar surface area (TPSA) is 61.0 Å². The zero-order valence-corrected chi connectivity index (χ0v) is 9.58. The third kappa shape index (κ3) is 2.08. The van der Waals surface area contributed by atoms with Crippen molar-refractivity contribution in [3.63, 3.8) is 0 Å². The summed E-state index contributed by atoms with van der Waals surface area (Å²) >= 11 is 0. The van der Waals surface area contributed by atoms with Gasteiger partial charge >= 0.3 is 6.01 Å². The van der Waals surface area contributed by atoms with Crippen molar-refractivity contribution < 1.29 is 4.74 Å². The van der Waals surface area contributed by atoms with Gasteiger partial charge in [-0.15, -0.1) is 0 Å². The van der Waals surface area contributed by atoms with Crippen molar-refractivity contribution in [2.24, 2.45) is 0 Å². The standard InChI is InChI=1S/C14H11N3O/c15-12-8-16-14(17-9-12)18-13-6-5-10-3-1-2-4-11(10)7-13/h1-9H,15H2. The molecule has 0 atom stereocenters. The molecule has 0 aliphatic rings. The molecule has 0 radical (unpaired) electrons. The first-order chi connectivity index (χ1) is 8.81. The molecular formula is C14H11N3O. The van der Waals surface area contributed by atoms with E-state index in [0.29, 0.717) is 17.4 Å². The first kappa shape index (κ1) is 10.5. The van der Waals surface area contributed by atoms with Crippen LogP contribution in [-0.2, 0) is 0 Å². The minimum atomic E-state index is 0.291. The molecule has 0 amide bonds. The highest BCUT2D eigenvalue weighted by molar-refractivity contribution is 5.83.